The number of carbonyl (C=O) groups is 2. The Morgan fingerprint density at radius 1 is 0.903 bits per heavy atom. The summed E-state index contributed by atoms with van der Waals surface area (Å²) in [4.78, 5) is 31.8. The Morgan fingerprint density at radius 3 is 2.19 bits per heavy atom. The van der Waals surface area contributed by atoms with Crippen molar-refractivity contribution < 1.29 is 9.59 Å². The third kappa shape index (κ3) is 4.54. The molecule has 0 saturated carbocycles. The van der Waals surface area contributed by atoms with Crippen LogP contribution >= 0.6 is 0 Å². The molecule has 4 rings (SSSR count). The van der Waals surface area contributed by atoms with Gasteiger partial charge in [0.25, 0.3) is 5.91 Å². The summed E-state index contributed by atoms with van der Waals surface area (Å²) >= 11 is 0. The molecule has 3 heterocycles. The van der Waals surface area contributed by atoms with Gasteiger partial charge in [-0.05, 0) is 45.2 Å². The zero-order valence-electron chi connectivity index (χ0n) is 19.0. The highest BCUT2D eigenvalue weighted by molar-refractivity contribution is 5.96. The first kappa shape index (κ1) is 21.6. The lowest BCUT2D eigenvalue weighted by Gasteiger charge is -2.35. The molecule has 2 fully saturated rings. The fraction of sp³-hybridized carbons (Fsp3) is 0.520. The smallest absolute Gasteiger partial charge is 0.255 e. The highest BCUT2D eigenvalue weighted by atomic mass is 16.2. The molecule has 0 bridgehead atoms. The van der Waals surface area contributed by atoms with Gasteiger partial charge in [0, 0.05) is 50.7 Å². The fourth-order valence-corrected chi connectivity index (χ4v) is 5.01. The average Bonchev–Trinajstić information content (AvgIpc) is 3.42. The zero-order valence-corrected chi connectivity index (χ0v) is 19.0. The van der Waals surface area contributed by atoms with Gasteiger partial charge >= 0.3 is 0 Å². The van der Waals surface area contributed by atoms with Crippen molar-refractivity contribution in [1.82, 2.24) is 19.3 Å². The molecule has 1 unspecified atom stereocenters. The van der Waals surface area contributed by atoms with Gasteiger partial charge < -0.3 is 14.4 Å². The third-order valence-electron chi connectivity index (χ3n) is 6.86. The lowest BCUT2D eigenvalue weighted by atomic mass is 10.1. The number of benzene rings is 1. The molecule has 0 N–H and O–H groups in total. The summed E-state index contributed by atoms with van der Waals surface area (Å²) in [5, 5.41) is 0. The van der Waals surface area contributed by atoms with E-state index in [1.54, 1.807) is 0 Å². The molecule has 6 nitrogen and oxygen atoms in total. The third-order valence-corrected chi connectivity index (χ3v) is 6.86. The van der Waals surface area contributed by atoms with E-state index in [1.165, 1.54) is 5.56 Å². The normalized spacial score (nSPS) is 18.4. The predicted molar refractivity (Wildman–Crippen MR) is 122 cm³/mol. The van der Waals surface area contributed by atoms with Gasteiger partial charge in [-0.3, -0.25) is 14.5 Å². The second kappa shape index (κ2) is 9.27. The average molecular weight is 423 g/mol. The van der Waals surface area contributed by atoms with Crippen LogP contribution in [-0.4, -0.2) is 76.9 Å². The molecule has 1 atom stereocenters. The van der Waals surface area contributed by atoms with Crippen molar-refractivity contribution in [3.63, 3.8) is 0 Å². The van der Waals surface area contributed by atoms with Crippen molar-refractivity contribution in [2.75, 3.05) is 45.8 Å². The first-order chi connectivity index (χ1) is 15.0. The first-order valence-corrected chi connectivity index (χ1v) is 11.5. The zero-order chi connectivity index (χ0) is 22.0. The largest absolute Gasteiger partial charge is 0.342 e. The maximum atomic E-state index is 13.3. The fourth-order valence-electron chi connectivity index (χ4n) is 5.01. The summed E-state index contributed by atoms with van der Waals surface area (Å²) in [5.74, 6) is 0.334. The maximum absolute atomic E-state index is 13.3. The van der Waals surface area contributed by atoms with Gasteiger partial charge in [0.15, 0.2) is 0 Å². The molecule has 1 aromatic carbocycles. The number of carbonyl (C=O) groups excluding carboxylic acids is 2. The highest BCUT2D eigenvalue weighted by Gasteiger charge is 2.28. The molecule has 2 saturated heterocycles. The van der Waals surface area contributed by atoms with Gasteiger partial charge in [0.05, 0.1) is 18.2 Å². The standard InChI is InChI=1S/C25H34N4O2/c1-19-17-23(21(3)29(19)20(2)22-9-5-4-6-10-22)25(31)28-15-13-26(14-16-28)18-24(30)27-11-7-8-12-27/h4-6,9-10,17,20H,7-8,11-16,18H2,1-3H3. The molecule has 166 valence electrons. The van der Waals surface area contributed by atoms with Crippen molar-refractivity contribution in [2.24, 2.45) is 0 Å². The monoisotopic (exact) mass is 422 g/mol. The molecule has 1 aromatic heterocycles. The molecular formula is C25H34N4O2. The number of rotatable bonds is 5. The predicted octanol–water partition coefficient (Wildman–Crippen LogP) is 3.09. The van der Waals surface area contributed by atoms with Gasteiger partial charge in [-0.1, -0.05) is 30.3 Å². The molecule has 6 heteroatoms. The highest BCUT2D eigenvalue weighted by Crippen LogP contribution is 2.26. The molecule has 2 aliphatic rings. The summed E-state index contributed by atoms with van der Waals surface area (Å²) in [6.07, 6.45) is 2.24. The minimum absolute atomic E-state index is 0.102. The minimum atomic E-state index is 0.102. The number of nitrogens with zero attached hydrogens (tertiary/aromatic N) is 4. The van der Waals surface area contributed by atoms with E-state index in [9.17, 15) is 9.59 Å². The van der Waals surface area contributed by atoms with Crippen LogP contribution in [-0.2, 0) is 4.79 Å². The van der Waals surface area contributed by atoms with Crippen molar-refractivity contribution in [1.29, 1.82) is 0 Å². The van der Waals surface area contributed by atoms with E-state index in [0.29, 0.717) is 19.6 Å². The Labute approximate surface area is 185 Å². The van der Waals surface area contributed by atoms with Crippen LogP contribution in [0.15, 0.2) is 36.4 Å². The SMILES string of the molecule is Cc1cc(C(=O)N2CCN(CC(=O)N3CCCC3)CC2)c(C)n1C(C)c1ccccc1. The van der Waals surface area contributed by atoms with E-state index in [-0.39, 0.29) is 17.9 Å². The number of aryl methyl sites for hydroxylation is 1. The quantitative estimate of drug-likeness (QED) is 0.744. The lowest BCUT2D eigenvalue weighted by Crippen LogP contribution is -2.51. The summed E-state index contributed by atoms with van der Waals surface area (Å²) < 4.78 is 2.26. The van der Waals surface area contributed by atoms with Gasteiger partial charge in [-0.15, -0.1) is 0 Å². The van der Waals surface area contributed by atoms with Crippen LogP contribution in [0.3, 0.4) is 0 Å². The van der Waals surface area contributed by atoms with Crippen LogP contribution < -0.4 is 0 Å². The van der Waals surface area contributed by atoms with Gasteiger partial charge in [0.2, 0.25) is 5.91 Å². The van der Waals surface area contributed by atoms with E-state index >= 15 is 0 Å². The molecule has 2 amide bonds. The minimum Gasteiger partial charge on any atom is -0.342 e. The van der Waals surface area contributed by atoms with Gasteiger partial charge in [0.1, 0.15) is 0 Å². The Kier molecular flexibility index (Phi) is 6.46. The van der Waals surface area contributed by atoms with Crippen LogP contribution in [0.5, 0.6) is 0 Å². The number of piperazine rings is 1. The number of likely N-dealkylation sites (tertiary alicyclic amines) is 1. The van der Waals surface area contributed by atoms with E-state index in [0.717, 1.165) is 56.0 Å². The Hall–Kier alpha value is -2.60. The van der Waals surface area contributed by atoms with E-state index in [2.05, 4.69) is 47.6 Å². The van der Waals surface area contributed by atoms with Gasteiger partial charge in [-0.2, -0.15) is 0 Å². The molecular weight excluding hydrogens is 388 g/mol. The second-order valence-electron chi connectivity index (χ2n) is 8.90. The van der Waals surface area contributed by atoms with Crippen molar-refractivity contribution in [3.8, 4) is 0 Å². The Bertz CT molecular complexity index is 922. The number of amides is 2. The van der Waals surface area contributed by atoms with Gasteiger partial charge in [-0.25, -0.2) is 0 Å². The number of hydrogen-bond donors (Lipinski definition) is 0. The summed E-state index contributed by atoms with van der Waals surface area (Å²) in [7, 11) is 0. The first-order valence-electron chi connectivity index (χ1n) is 11.5. The number of hydrogen-bond acceptors (Lipinski definition) is 3. The Balaban J connectivity index is 1.39. The summed E-state index contributed by atoms with van der Waals surface area (Å²) in [6, 6.07) is 12.6. The van der Waals surface area contributed by atoms with Crippen molar-refractivity contribution in [3.05, 3.63) is 58.9 Å². The van der Waals surface area contributed by atoms with Crippen molar-refractivity contribution >= 4 is 11.8 Å². The molecule has 0 spiro atoms. The summed E-state index contributed by atoms with van der Waals surface area (Å²) in [5.41, 5.74) is 4.15. The van der Waals surface area contributed by atoms with E-state index in [4.69, 9.17) is 0 Å². The van der Waals surface area contributed by atoms with Crippen LogP contribution in [0.4, 0.5) is 0 Å². The second-order valence-corrected chi connectivity index (χ2v) is 8.90. The van der Waals surface area contributed by atoms with Crippen LogP contribution in [0.25, 0.3) is 0 Å². The topological polar surface area (TPSA) is 48.8 Å². The maximum Gasteiger partial charge on any atom is 0.255 e. The van der Waals surface area contributed by atoms with Crippen LogP contribution in [0.1, 0.15) is 53.1 Å². The molecule has 0 aliphatic carbocycles. The Morgan fingerprint density at radius 2 is 1.55 bits per heavy atom. The lowest BCUT2D eigenvalue weighted by molar-refractivity contribution is -0.131. The van der Waals surface area contributed by atoms with E-state index < -0.39 is 0 Å². The van der Waals surface area contributed by atoms with Crippen LogP contribution in [0.2, 0.25) is 0 Å². The number of aromatic nitrogens is 1. The molecule has 2 aliphatic heterocycles. The van der Waals surface area contributed by atoms with E-state index in [1.807, 2.05) is 28.9 Å². The van der Waals surface area contributed by atoms with Crippen molar-refractivity contribution in [2.45, 2.75) is 39.7 Å². The van der Waals surface area contributed by atoms with Crippen LogP contribution in [0, 0.1) is 13.8 Å². The summed E-state index contributed by atoms with van der Waals surface area (Å²) in [6.45, 7) is 11.4. The molecule has 0 radical (unpaired) electrons. The molecule has 2 aromatic rings. The molecule has 31 heavy (non-hydrogen) atoms.